The summed E-state index contributed by atoms with van der Waals surface area (Å²) in [6, 6.07) is 13.3. The molecular formula is C21H24N4O2. The summed E-state index contributed by atoms with van der Waals surface area (Å²) in [5, 5.41) is 4.08. The van der Waals surface area contributed by atoms with E-state index in [9.17, 15) is 4.79 Å². The van der Waals surface area contributed by atoms with Gasteiger partial charge in [-0.1, -0.05) is 5.16 Å². The predicted molar refractivity (Wildman–Crippen MR) is 106 cm³/mol. The van der Waals surface area contributed by atoms with Gasteiger partial charge in [0, 0.05) is 55.4 Å². The van der Waals surface area contributed by atoms with Crippen molar-refractivity contribution >= 4 is 11.6 Å². The van der Waals surface area contributed by atoms with Crippen LogP contribution in [0.15, 0.2) is 59.4 Å². The molecule has 140 valence electrons. The predicted octanol–water partition coefficient (Wildman–Crippen LogP) is 3.86. The summed E-state index contributed by atoms with van der Waals surface area (Å²) >= 11 is 0. The smallest absolute Gasteiger partial charge is 0.254 e. The Morgan fingerprint density at radius 3 is 2.33 bits per heavy atom. The average Bonchev–Trinajstić information content (AvgIpc) is 3.18. The van der Waals surface area contributed by atoms with Gasteiger partial charge in [0.15, 0.2) is 5.76 Å². The maximum atomic E-state index is 12.7. The molecule has 0 spiro atoms. The van der Waals surface area contributed by atoms with E-state index >= 15 is 0 Å². The van der Waals surface area contributed by atoms with Crippen molar-refractivity contribution in [3.05, 3.63) is 66.2 Å². The number of carbonyl (C=O) groups excluding carboxylic acids is 1. The molecule has 3 rings (SSSR count). The van der Waals surface area contributed by atoms with Crippen LogP contribution in [0, 0.1) is 0 Å². The summed E-state index contributed by atoms with van der Waals surface area (Å²) < 4.78 is 5.38. The van der Waals surface area contributed by atoms with Crippen LogP contribution in [-0.4, -0.2) is 41.1 Å². The Labute approximate surface area is 159 Å². The van der Waals surface area contributed by atoms with E-state index < -0.39 is 0 Å². The van der Waals surface area contributed by atoms with Gasteiger partial charge in [-0.15, -0.1) is 0 Å². The van der Waals surface area contributed by atoms with Crippen molar-refractivity contribution in [3.63, 3.8) is 0 Å². The highest BCUT2D eigenvalue weighted by atomic mass is 16.5. The van der Waals surface area contributed by atoms with Gasteiger partial charge in [-0.3, -0.25) is 9.78 Å². The lowest BCUT2D eigenvalue weighted by Gasteiger charge is -2.21. The van der Waals surface area contributed by atoms with E-state index in [1.165, 1.54) is 0 Å². The number of carbonyl (C=O) groups is 1. The lowest BCUT2D eigenvalue weighted by molar-refractivity contribution is 0.0772. The van der Waals surface area contributed by atoms with Crippen LogP contribution >= 0.6 is 0 Å². The third kappa shape index (κ3) is 4.34. The lowest BCUT2D eigenvalue weighted by atomic mass is 10.1. The Bertz CT molecular complexity index is 871. The molecule has 3 aromatic rings. The summed E-state index contributed by atoms with van der Waals surface area (Å²) in [5.41, 5.74) is 3.44. The van der Waals surface area contributed by atoms with Crippen molar-refractivity contribution in [1.29, 1.82) is 0 Å². The van der Waals surface area contributed by atoms with Crippen LogP contribution in [0.4, 0.5) is 5.69 Å². The van der Waals surface area contributed by atoms with E-state index in [4.69, 9.17) is 4.52 Å². The van der Waals surface area contributed by atoms with Crippen LogP contribution in [0.25, 0.3) is 11.3 Å². The monoisotopic (exact) mass is 364 g/mol. The molecule has 0 radical (unpaired) electrons. The van der Waals surface area contributed by atoms with E-state index in [0.717, 1.165) is 30.0 Å². The van der Waals surface area contributed by atoms with E-state index in [1.54, 1.807) is 24.3 Å². The highest BCUT2D eigenvalue weighted by Crippen LogP contribution is 2.20. The molecule has 0 aliphatic carbocycles. The Morgan fingerprint density at radius 2 is 1.70 bits per heavy atom. The Hall–Kier alpha value is -3.15. The summed E-state index contributed by atoms with van der Waals surface area (Å²) in [6.07, 6.45) is 3.42. The van der Waals surface area contributed by atoms with E-state index in [1.807, 2.05) is 42.5 Å². The van der Waals surface area contributed by atoms with Crippen LogP contribution in [0.5, 0.6) is 0 Å². The number of hydrogen-bond donors (Lipinski definition) is 0. The van der Waals surface area contributed by atoms with Crippen LogP contribution in [0.3, 0.4) is 0 Å². The van der Waals surface area contributed by atoms with Crippen molar-refractivity contribution in [1.82, 2.24) is 15.0 Å². The summed E-state index contributed by atoms with van der Waals surface area (Å²) in [4.78, 5) is 20.6. The first kappa shape index (κ1) is 18.6. The topological polar surface area (TPSA) is 62.5 Å². The number of rotatable bonds is 7. The zero-order chi connectivity index (χ0) is 19.2. The molecule has 1 amide bonds. The molecule has 0 N–H and O–H groups in total. The third-order valence-corrected chi connectivity index (χ3v) is 4.52. The number of amides is 1. The number of anilines is 1. The highest BCUT2D eigenvalue weighted by molar-refractivity contribution is 5.94. The van der Waals surface area contributed by atoms with Gasteiger partial charge in [0.2, 0.25) is 0 Å². The van der Waals surface area contributed by atoms with Crippen LogP contribution in [0.2, 0.25) is 0 Å². The highest BCUT2D eigenvalue weighted by Gasteiger charge is 2.15. The second kappa shape index (κ2) is 8.49. The first-order valence-corrected chi connectivity index (χ1v) is 9.08. The fourth-order valence-corrected chi connectivity index (χ4v) is 2.98. The third-order valence-electron chi connectivity index (χ3n) is 4.52. The van der Waals surface area contributed by atoms with Crippen molar-refractivity contribution in [2.24, 2.45) is 0 Å². The summed E-state index contributed by atoms with van der Waals surface area (Å²) in [6.45, 7) is 6.47. The van der Waals surface area contributed by atoms with Gasteiger partial charge in [0.1, 0.15) is 5.69 Å². The first-order valence-electron chi connectivity index (χ1n) is 9.08. The van der Waals surface area contributed by atoms with Crippen LogP contribution < -0.4 is 4.90 Å². The molecular weight excluding hydrogens is 340 g/mol. The summed E-state index contributed by atoms with van der Waals surface area (Å²) in [7, 11) is 1.76. The number of hydrogen-bond acceptors (Lipinski definition) is 5. The van der Waals surface area contributed by atoms with Gasteiger partial charge in [-0.25, -0.2) is 0 Å². The molecule has 6 nitrogen and oxygen atoms in total. The molecule has 0 aliphatic rings. The zero-order valence-corrected chi connectivity index (χ0v) is 15.9. The molecule has 0 unspecified atom stereocenters. The van der Waals surface area contributed by atoms with Gasteiger partial charge >= 0.3 is 0 Å². The quantitative estimate of drug-likeness (QED) is 0.637. The molecule has 2 aromatic heterocycles. The van der Waals surface area contributed by atoms with Crippen molar-refractivity contribution < 1.29 is 9.32 Å². The van der Waals surface area contributed by atoms with Crippen molar-refractivity contribution in [2.45, 2.75) is 20.4 Å². The van der Waals surface area contributed by atoms with Crippen molar-refractivity contribution in [2.75, 3.05) is 25.0 Å². The minimum atomic E-state index is -0.0528. The molecule has 0 aliphatic heterocycles. The van der Waals surface area contributed by atoms with Crippen LogP contribution in [0.1, 0.15) is 30.0 Å². The number of benzene rings is 1. The van der Waals surface area contributed by atoms with E-state index in [0.29, 0.717) is 17.9 Å². The summed E-state index contributed by atoms with van der Waals surface area (Å²) in [5.74, 6) is 0.584. The van der Waals surface area contributed by atoms with Gasteiger partial charge in [0.25, 0.3) is 5.91 Å². The number of pyridine rings is 1. The maximum Gasteiger partial charge on any atom is 0.254 e. The molecule has 0 saturated carbocycles. The molecule has 2 heterocycles. The van der Waals surface area contributed by atoms with E-state index in [2.05, 4.69) is 28.9 Å². The normalized spacial score (nSPS) is 10.6. The van der Waals surface area contributed by atoms with Gasteiger partial charge in [0.05, 0.1) is 6.54 Å². The molecule has 0 atom stereocenters. The Morgan fingerprint density at radius 1 is 1.04 bits per heavy atom. The van der Waals surface area contributed by atoms with Crippen LogP contribution in [-0.2, 0) is 6.54 Å². The first-order chi connectivity index (χ1) is 13.1. The molecule has 0 bridgehead atoms. The zero-order valence-electron chi connectivity index (χ0n) is 15.9. The number of nitrogens with zero attached hydrogens (tertiary/aromatic N) is 4. The minimum Gasteiger partial charge on any atom is -0.372 e. The molecule has 6 heteroatoms. The number of aromatic nitrogens is 2. The fraction of sp³-hybridized carbons (Fsp3) is 0.286. The van der Waals surface area contributed by atoms with Gasteiger partial charge in [-0.2, -0.15) is 0 Å². The van der Waals surface area contributed by atoms with Gasteiger partial charge in [-0.05, 0) is 50.2 Å². The van der Waals surface area contributed by atoms with Crippen molar-refractivity contribution in [3.8, 4) is 11.3 Å². The molecule has 1 aromatic carbocycles. The second-order valence-corrected chi connectivity index (χ2v) is 6.29. The fourth-order valence-electron chi connectivity index (χ4n) is 2.98. The lowest BCUT2D eigenvalue weighted by Crippen LogP contribution is -2.26. The second-order valence-electron chi connectivity index (χ2n) is 6.29. The molecule has 27 heavy (non-hydrogen) atoms. The standard InChI is InChI=1S/C21H24N4O2/c1-4-25(5-2)18-8-6-17(7-9-18)21(26)24(3)15-19-14-20(23-27-19)16-10-12-22-13-11-16/h6-14H,4-5,15H2,1-3H3. The minimum absolute atomic E-state index is 0.0528. The van der Waals surface area contributed by atoms with Gasteiger partial charge < -0.3 is 14.3 Å². The Kier molecular flexibility index (Phi) is 5.86. The Balaban J connectivity index is 1.66. The SMILES string of the molecule is CCN(CC)c1ccc(C(=O)N(C)Cc2cc(-c3ccncc3)no2)cc1. The van der Waals surface area contributed by atoms with E-state index in [-0.39, 0.29) is 5.91 Å². The largest absolute Gasteiger partial charge is 0.372 e. The average molecular weight is 364 g/mol. The molecule has 0 saturated heterocycles. The molecule has 0 fully saturated rings. The maximum absolute atomic E-state index is 12.7.